The van der Waals surface area contributed by atoms with Crippen LogP contribution < -0.4 is 5.32 Å². The van der Waals surface area contributed by atoms with E-state index >= 15 is 0 Å². The Balaban J connectivity index is 2.78. The van der Waals surface area contributed by atoms with Crippen LogP contribution in [0.1, 0.15) is 93.0 Å². The summed E-state index contributed by atoms with van der Waals surface area (Å²) >= 11 is 0. The molecule has 1 aromatic heterocycles. The average molecular weight is 501 g/mol. The molecule has 0 spiro atoms. The highest BCUT2D eigenvalue weighted by Gasteiger charge is 2.27. The molecule has 2 aromatic rings. The number of carbonyl (C=O) groups is 2. The number of carboxylic acids is 1. The third-order valence-corrected chi connectivity index (χ3v) is 5.69. The molecular formula is C28H37FN2O5. The van der Waals surface area contributed by atoms with Crippen LogP contribution >= 0.6 is 0 Å². The molecule has 1 unspecified atom stereocenters. The molecule has 1 heterocycles. The summed E-state index contributed by atoms with van der Waals surface area (Å²) in [6, 6.07) is 5.89. The highest BCUT2D eigenvalue weighted by atomic mass is 19.1. The molecule has 4 N–H and O–H groups in total. The number of hydrogen-bond acceptors (Lipinski definition) is 5. The Morgan fingerprint density at radius 1 is 1.06 bits per heavy atom. The van der Waals surface area contributed by atoms with Gasteiger partial charge in [-0.3, -0.25) is 14.6 Å². The van der Waals surface area contributed by atoms with E-state index in [2.05, 4.69) is 5.32 Å². The Kier molecular flexibility index (Phi) is 10.7. The zero-order valence-electron chi connectivity index (χ0n) is 21.6. The molecule has 0 aliphatic rings. The van der Waals surface area contributed by atoms with Gasteiger partial charge in [-0.1, -0.05) is 58.9 Å². The number of aliphatic hydroxyl groups is 2. The number of nitrogens with zero attached hydrogens (tertiary/aromatic N) is 1. The fourth-order valence-corrected chi connectivity index (χ4v) is 3.99. The summed E-state index contributed by atoms with van der Waals surface area (Å²) in [4.78, 5) is 29.2. The number of pyridine rings is 1. The van der Waals surface area contributed by atoms with Crippen molar-refractivity contribution < 1.29 is 29.3 Å². The molecule has 1 amide bonds. The summed E-state index contributed by atoms with van der Waals surface area (Å²) in [6.45, 7) is 10.3. The number of rotatable bonds is 12. The minimum absolute atomic E-state index is 0.0381. The summed E-state index contributed by atoms with van der Waals surface area (Å²) < 4.78 is 13.8. The molecule has 2 atom stereocenters. The van der Waals surface area contributed by atoms with Crippen LogP contribution in [0.15, 0.2) is 30.3 Å². The number of carbonyl (C=O) groups excluding carboxylic acids is 1. The Morgan fingerprint density at radius 3 is 2.19 bits per heavy atom. The van der Waals surface area contributed by atoms with Crippen LogP contribution in [-0.2, 0) is 4.79 Å². The lowest BCUT2D eigenvalue weighted by atomic mass is 9.86. The van der Waals surface area contributed by atoms with Crippen LogP contribution in [0.2, 0.25) is 0 Å². The zero-order chi connectivity index (χ0) is 27.0. The summed E-state index contributed by atoms with van der Waals surface area (Å²) in [5.74, 6) is -1.95. The lowest BCUT2D eigenvalue weighted by Gasteiger charge is -2.23. The molecule has 36 heavy (non-hydrogen) atoms. The molecule has 1 aromatic carbocycles. The van der Waals surface area contributed by atoms with Crippen molar-refractivity contribution in [2.24, 2.45) is 0 Å². The SMILES string of the molecule is CCCNC(=O)c1c(C(C)C)nc(C(C)C)c(C=C[C@@H](O)CC(O)CC(=O)O)c1-c1ccc(F)cc1. The second kappa shape index (κ2) is 13.3. The quantitative estimate of drug-likeness (QED) is 0.330. The second-order valence-corrected chi connectivity index (χ2v) is 9.53. The van der Waals surface area contributed by atoms with Crippen LogP contribution in [0.5, 0.6) is 0 Å². The van der Waals surface area contributed by atoms with Crippen molar-refractivity contribution in [3.05, 3.63) is 58.7 Å². The van der Waals surface area contributed by atoms with E-state index < -0.39 is 30.4 Å². The highest BCUT2D eigenvalue weighted by molar-refractivity contribution is 6.04. The minimum Gasteiger partial charge on any atom is -0.481 e. The van der Waals surface area contributed by atoms with Gasteiger partial charge in [0.15, 0.2) is 0 Å². The van der Waals surface area contributed by atoms with Gasteiger partial charge in [0.2, 0.25) is 0 Å². The number of amides is 1. The summed E-state index contributed by atoms with van der Waals surface area (Å²) in [6.07, 6.45) is 0.901. The van der Waals surface area contributed by atoms with E-state index in [-0.39, 0.29) is 24.2 Å². The van der Waals surface area contributed by atoms with Crippen LogP contribution in [0.4, 0.5) is 4.39 Å². The Bertz CT molecular complexity index is 1080. The van der Waals surface area contributed by atoms with Gasteiger partial charge >= 0.3 is 5.97 Å². The number of aliphatic hydroxyl groups excluding tert-OH is 2. The molecule has 196 valence electrons. The van der Waals surface area contributed by atoms with Gasteiger partial charge in [0.25, 0.3) is 5.91 Å². The van der Waals surface area contributed by atoms with Gasteiger partial charge in [0.05, 0.1) is 35.6 Å². The molecule has 0 fully saturated rings. The maximum Gasteiger partial charge on any atom is 0.305 e. The number of carboxylic acid groups (broad SMARTS) is 1. The first kappa shape index (κ1) is 29.1. The minimum atomic E-state index is -1.21. The zero-order valence-corrected chi connectivity index (χ0v) is 21.6. The van der Waals surface area contributed by atoms with Crippen molar-refractivity contribution in [3.63, 3.8) is 0 Å². The average Bonchev–Trinajstić information content (AvgIpc) is 2.79. The Hall–Kier alpha value is -3.10. The maximum atomic E-state index is 13.8. The van der Waals surface area contributed by atoms with Gasteiger partial charge in [0, 0.05) is 24.1 Å². The lowest BCUT2D eigenvalue weighted by Crippen LogP contribution is -2.27. The summed E-state index contributed by atoms with van der Waals surface area (Å²) in [7, 11) is 0. The summed E-state index contributed by atoms with van der Waals surface area (Å²) in [5, 5.41) is 32.2. The van der Waals surface area contributed by atoms with E-state index in [1.54, 1.807) is 18.2 Å². The number of hydrogen-bond donors (Lipinski definition) is 4. The molecule has 0 saturated carbocycles. The van der Waals surface area contributed by atoms with Crippen LogP contribution in [0.3, 0.4) is 0 Å². The monoisotopic (exact) mass is 500 g/mol. The number of aliphatic carboxylic acids is 1. The van der Waals surface area contributed by atoms with Crippen LogP contribution in [0, 0.1) is 5.82 Å². The standard InChI is InChI=1S/C28H37FN2O5/c1-6-13-30-28(36)25-24(18-7-9-19(29)10-8-18)22(26(16(2)3)31-27(25)17(4)5)12-11-20(32)14-21(33)15-23(34)35/h7-12,16-17,20-21,32-33H,6,13-15H2,1-5H3,(H,30,36)(H,34,35)/t20-,21?/m1/s1. The molecule has 0 saturated heterocycles. The Morgan fingerprint density at radius 2 is 1.67 bits per heavy atom. The smallest absolute Gasteiger partial charge is 0.305 e. The number of halogens is 1. The highest BCUT2D eigenvalue weighted by Crippen LogP contribution is 2.37. The molecule has 0 aliphatic carbocycles. The van der Waals surface area contributed by atoms with Gasteiger partial charge in [-0.2, -0.15) is 0 Å². The van der Waals surface area contributed by atoms with Crippen LogP contribution in [0.25, 0.3) is 17.2 Å². The fourth-order valence-electron chi connectivity index (χ4n) is 3.99. The first-order chi connectivity index (χ1) is 17.0. The van der Waals surface area contributed by atoms with Crippen molar-refractivity contribution in [2.45, 2.75) is 77.9 Å². The first-order valence-electron chi connectivity index (χ1n) is 12.3. The van der Waals surface area contributed by atoms with Gasteiger partial charge < -0.3 is 20.6 Å². The number of aromatic nitrogens is 1. The van der Waals surface area contributed by atoms with Crippen molar-refractivity contribution in [2.75, 3.05) is 6.54 Å². The molecule has 0 bridgehead atoms. The van der Waals surface area contributed by atoms with Crippen molar-refractivity contribution in [1.82, 2.24) is 10.3 Å². The van der Waals surface area contributed by atoms with Crippen molar-refractivity contribution in [3.8, 4) is 11.1 Å². The second-order valence-electron chi connectivity index (χ2n) is 9.53. The summed E-state index contributed by atoms with van der Waals surface area (Å²) in [5.41, 5.74) is 3.55. The largest absolute Gasteiger partial charge is 0.481 e. The van der Waals surface area contributed by atoms with E-state index in [1.807, 2.05) is 34.6 Å². The van der Waals surface area contributed by atoms with Gasteiger partial charge in [0.1, 0.15) is 5.82 Å². The number of nitrogens with one attached hydrogen (secondary N) is 1. The maximum absolute atomic E-state index is 13.8. The van der Waals surface area contributed by atoms with Crippen molar-refractivity contribution >= 4 is 18.0 Å². The predicted molar refractivity (Wildman–Crippen MR) is 138 cm³/mol. The van der Waals surface area contributed by atoms with Gasteiger partial charge in [-0.15, -0.1) is 0 Å². The van der Waals surface area contributed by atoms with Gasteiger partial charge in [-0.25, -0.2) is 4.39 Å². The Labute approximate surface area is 212 Å². The third-order valence-electron chi connectivity index (χ3n) is 5.69. The van der Waals surface area contributed by atoms with E-state index in [0.29, 0.717) is 40.2 Å². The van der Waals surface area contributed by atoms with E-state index in [9.17, 15) is 24.2 Å². The lowest BCUT2D eigenvalue weighted by molar-refractivity contribution is -0.139. The normalized spacial score (nSPS) is 13.4. The van der Waals surface area contributed by atoms with Crippen molar-refractivity contribution in [1.29, 1.82) is 0 Å². The third kappa shape index (κ3) is 7.70. The molecule has 7 nitrogen and oxygen atoms in total. The molecule has 0 aliphatic heterocycles. The van der Waals surface area contributed by atoms with E-state index in [4.69, 9.17) is 10.1 Å². The first-order valence-corrected chi connectivity index (χ1v) is 12.3. The predicted octanol–water partition coefficient (Wildman–Crippen LogP) is 4.87. The van der Waals surface area contributed by atoms with E-state index in [1.165, 1.54) is 18.2 Å². The van der Waals surface area contributed by atoms with Crippen LogP contribution in [-0.4, -0.2) is 50.9 Å². The fraction of sp³-hybridized carbons (Fsp3) is 0.464. The number of benzene rings is 1. The molecule has 2 rings (SSSR count). The molecule has 0 radical (unpaired) electrons. The topological polar surface area (TPSA) is 120 Å². The van der Waals surface area contributed by atoms with E-state index in [0.717, 1.165) is 6.42 Å². The van der Waals surface area contributed by atoms with Gasteiger partial charge in [-0.05, 0) is 36.0 Å². The molecular weight excluding hydrogens is 463 g/mol. The molecule has 8 heteroatoms.